The maximum atomic E-state index is 4.38. The molecule has 0 aromatic carbocycles. The molecule has 0 bridgehead atoms. The van der Waals surface area contributed by atoms with E-state index < -0.39 is 0 Å². The minimum absolute atomic E-state index is 0.228. The Kier molecular flexibility index (Phi) is 6.84. The number of allylic oxidation sites excluding steroid dienone is 2. The van der Waals surface area contributed by atoms with Crippen molar-refractivity contribution in [1.82, 2.24) is 0 Å². The lowest BCUT2D eigenvalue weighted by Gasteiger charge is -2.03. The van der Waals surface area contributed by atoms with Crippen molar-refractivity contribution >= 4 is 45.8 Å². The van der Waals surface area contributed by atoms with Gasteiger partial charge in [-0.2, -0.15) is 0 Å². The first-order chi connectivity index (χ1) is 8.95. The van der Waals surface area contributed by atoms with Crippen molar-refractivity contribution < 1.29 is 0 Å². The Labute approximate surface area is 116 Å². The Balaban J connectivity index is 1.51. The van der Waals surface area contributed by atoms with Gasteiger partial charge in [0.05, 0.1) is 0 Å². The smallest absolute Gasteiger partial charge is 0.161 e. The van der Waals surface area contributed by atoms with E-state index in [-0.39, 0.29) is 15.8 Å². The molecule has 2 aliphatic heterocycles. The second kappa shape index (κ2) is 8.73. The van der Waals surface area contributed by atoms with Crippen molar-refractivity contribution in [2.24, 2.45) is 9.32 Å². The van der Waals surface area contributed by atoms with Gasteiger partial charge in [-0.05, 0) is 24.2 Å². The molecule has 2 rings (SSSR count). The first kappa shape index (κ1) is 14.1. The maximum Gasteiger partial charge on any atom is 0.161 e. The summed E-state index contributed by atoms with van der Waals surface area (Å²) in [6.45, 7) is 0. The van der Waals surface area contributed by atoms with Crippen LogP contribution in [-0.4, -0.2) is 45.8 Å². The van der Waals surface area contributed by atoms with Crippen LogP contribution in [0.1, 0.15) is 25.7 Å². The Bertz CT molecular complexity index is 405. The van der Waals surface area contributed by atoms with E-state index >= 15 is 0 Å². The Morgan fingerprint density at radius 3 is 1.61 bits per heavy atom. The van der Waals surface area contributed by atoms with Crippen LogP contribution in [0.3, 0.4) is 0 Å². The summed E-state index contributed by atoms with van der Waals surface area (Å²) in [5, 5.41) is 0. The summed E-state index contributed by atoms with van der Waals surface area (Å²) in [5.74, 6) is 0. The van der Waals surface area contributed by atoms with Crippen LogP contribution in [0.2, 0.25) is 12.1 Å². The average molecular weight is 303 g/mol. The Morgan fingerprint density at radius 2 is 1.22 bits per heavy atom. The lowest BCUT2D eigenvalue weighted by atomic mass is 10.2. The summed E-state index contributed by atoms with van der Waals surface area (Å²) in [5.41, 5.74) is 4.85. The van der Waals surface area contributed by atoms with Crippen LogP contribution in [0.4, 0.5) is 0 Å². The van der Waals surface area contributed by atoms with Gasteiger partial charge in [-0.1, -0.05) is 37.1 Å². The minimum atomic E-state index is -0.228. The molecule has 2 radical (unpaired) electrons. The molecule has 2 aliphatic rings. The largest absolute Gasteiger partial charge is 0.308 e. The number of unbranched alkanes of at least 4 members (excludes halogenated alkanes) is 3. The van der Waals surface area contributed by atoms with E-state index in [1.165, 1.54) is 37.8 Å². The van der Waals surface area contributed by atoms with Gasteiger partial charge in [0.15, 0.2) is 17.5 Å². The molecule has 92 valence electrons. The number of nitrogens with zero attached hydrogens (tertiary/aromatic N) is 2. The second-order valence-corrected chi connectivity index (χ2v) is 14.4. The van der Waals surface area contributed by atoms with E-state index in [4.69, 9.17) is 0 Å². The van der Waals surface area contributed by atoms with Gasteiger partial charge in [0.2, 0.25) is 0 Å². The molecule has 0 aliphatic carbocycles. The lowest BCUT2D eigenvalue weighted by molar-refractivity contribution is 0.699. The second-order valence-electron chi connectivity index (χ2n) is 4.46. The first-order valence-corrected chi connectivity index (χ1v) is 14.0. The number of rotatable bonds is 7. The van der Waals surface area contributed by atoms with Gasteiger partial charge in [0.1, 0.15) is 0 Å². The van der Waals surface area contributed by atoms with E-state index in [1.807, 2.05) is 12.4 Å². The van der Waals surface area contributed by atoms with Crippen molar-refractivity contribution in [2.75, 3.05) is 0 Å². The fraction of sp³-hybridized carbons (Fsp3) is 0.500. The van der Waals surface area contributed by atoms with E-state index in [1.54, 1.807) is 0 Å². The number of hydrogen-bond donors (Lipinski definition) is 0. The zero-order valence-electron chi connectivity index (χ0n) is 10.6. The zero-order valence-corrected chi connectivity index (χ0v) is 14.6. The summed E-state index contributed by atoms with van der Waals surface area (Å²) >= 11 is 0. The fourth-order valence-electron chi connectivity index (χ4n) is 1.98. The molecule has 18 heavy (non-hydrogen) atoms. The van der Waals surface area contributed by atoms with Gasteiger partial charge in [-0.3, -0.25) is 0 Å². The van der Waals surface area contributed by atoms with Crippen LogP contribution in [-0.2, 0) is 0 Å². The highest BCUT2D eigenvalue weighted by molar-refractivity contribution is 6.90. The van der Waals surface area contributed by atoms with Crippen LogP contribution in [0.15, 0.2) is 32.9 Å². The number of hydrogen-bond acceptors (Lipinski definition) is 2. The fourth-order valence-corrected chi connectivity index (χ4v) is 9.44. The van der Waals surface area contributed by atoms with E-state index in [0.29, 0.717) is 0 Å². The Hall–Kier alpha value is -0.312. The van der Waals surface area contributed by atoms with Crippen LogP contribution in [0.25, 0.3) is 0 Å². The third-order valence-electron chi connectivity index (χ3n) is 2.97. The van der Waals surface area contributed by atoms with E-state index in [9.17, 15) is 0 Å². The SMILES string of the molecule is C1=C[Si](CCCCCC[Si]2=[Si]N=CC=C2)=[Si]N=C1. The van der Waals surface area contributed by atoms with Gasteiger partial charge >= 0.3 is 0 Å². The highest BCUT2D eigenvalue weighted by Gasteiger charge is 2.00. The van der Waals surface area contributed by atoms with Crippen LogP contribution < -0.4 is 0 Å². The molecule has 2 nitrogen and oxygen atoms in total. The van der Waals surface area contributed by atoms with Crippen LogP contribution in [0.5, 0.6) is 0 Å². The van der Waals surface area contributed by atoms with Gasteiger partial charge in [-0.25, -0.2) is 0 Å². The molecular formula is C12H18N2Si4. The first-order valence-electron chi connectivity index (χ1n) is 6.58. The van der Waals surface area contributed by atoms with Gasteiger partial charge in [-0.15, -0.1) is 0 Å². The molecule has 2 heterocycles. The molecule has 0 fully saturated rings. The van der Waals surface area contributed by atoms with Gasteiger partial charge in [0.25, 0.3) is 0 Å². The quantitative estimate of drug-likeness (QED) is 0.508. The molecule has 0 saturated carbocycles. The summed E-state index contributed by atoms with van der Waals surface area (Å²) < 4.78 is 8.76. The summed E-state index contributed by atoms with van der Waals surface area (Å²) in [6.07, 6.45) is 13.9. The molecule has 0 saturated heterocycles. The standard InChI is InChI=1S/C12H18N2Si4/c1(3-9-17-11-5-7-13-15-17)2-4-10-18-12-6-8-14-16-18/h5-8,11-12H,1-4,9-10H2. The van der Waals surface area contributed by atoms with Gasteiger partial charge < -0.3 is 9.32 Å². The molecule has 0 atom stereocenters. The average Bonchev–Trinajstić information content (AvgIpc) is 2.45. The molecule has 0 N–H and O–H groups in total. The summed E-state index contributed by atoms with van der Waals surface area (Å²) in [4.78, 5) is 0. The molecule has 0 aromatic rings. The molecule has 0 amide bonds. The normalized spacial score (nSPS) is 16.9. The minimum Gasteiger partial charge on any atom is -0.308 e. The van der Waals surface area contributed by atoms with Crippen molar-refractivity contribution in [3.63, 3.8) is 0 Å². The van der Waals surface area contributed by atoms with Crippen LogP contribution in [0, 0.1) is 0 Å². The third kappa shape index (κ3) is 5.55. The summed E-state index contributed by atoms with van der Waals surface area (Å²) in [6, 6.07) is 2.86. The third-order valence-corrected chi connectivity index (χ3v) is 12.1. The lowest BCUT2D eigenvalue weighted by Crippen LogP contribution is -2.06. The molecule has 0 spiro atoms. The highest BCUT2D eigenvalue weighted by Crippen LogP contribution is 2.08. The highest BCUT2D eigenvalue weighted by atomic mass is 28.9. The molecular weight excluding hydrogens is 284 g/mol. The van der Waals surface area contributed by atoms with E-state index in [0.717, 1.165) is 17.5 Å². The van der Waals surface area contributed by atoms with Crippen molar-refractivity contribution in [3.05, 3.63) is 23.6 Å². The molecule has 6 heteroatoms. The molecule has 0 aromatic heterocycles. The van der Waals surface area contributed by atoms with Crippen molar-refractivity contribution in [1.29, 1.82) is 0 Å². The van der Waals surface area contributed by atoms with Crippen molar-refractivity contribution in [3.8, 4) is 0 Å². The zero-order chi connectivity index (χ0) is 12.5. The Morgan fingerprint density at radius 1 is 0.722 bits per heavy atom. The van der Waals surface area contributed by atoms with Gasteiger partial charge in [0, 0.05) is 28.2 Å². The maximum absolute atomic E-state index is 4.38. The van der Waals surface area contributed by atoms with E-state index in [2.05, 4.69) is 32.9 Å². The van der Waals surface area contributed by atoms with Crippen LogP contribution >= 0.6 is 0 Å². The monoisotopic (exact) mass is 302 g/mol. The summed E-state index contributed by atoms with van der Waals surface area (Å²) in [7, 11) is 1.29. The predicted octanol–water partition coefficient (Wildman–Crippen LogP) is 2.13. The van der Waals surface area contributed by atoms with Crippen molar-refractivity contribution in [2.45, 2.75) is 37.8 Å². The molecule has 0 unspecified atom stereocenters. The topological polar surface area (TPSA) is 24.7 Å². The predicted molar refractivity (Wildman–Crippen MR) is 86.4 cm³/mol.